The summed E-state index contributed by atoms with van der Waals surface area (Å²) >= 11 is 1.28. The van der Waals surface area contributed by atoms with Crippen molar-refractivity contribution < 1.29 is 22.8 Å². The average Bonchev–Trinajstić information content (AvgIpc) is 3.24. The topological polar surface area (TPSA) is 107 Å². The van der Waals surface area contributed by atoms with Crippen molar-refractivity contribution in [2.24, 2.45) is 0 Å². The molecule has 0 atom stereocenters. The highest BCUT2D eigenvalue weighted by Crippen LogP contribution is 2.38. The molecule has 0 unspecified atom stereocenters. The van der Waals surface area contributed by atoms with E-state index in [1.165, 1.54) is 58.8 Å². The van der Waals surface area contributed by atoms with Crippen LogP contribution in [0.2, 0.25) is 0 Å². The Morgan fingerprint density at radius 2 is 1.62 bits per heavy atom. The number of carbonyl (C=O) groups excluding carboxylic acids is 3. The van der Waals surface area contributed by atoms with Crippen LogP contribution in [-0.4, -0.2) is 63.6 Å². The monoisotopic (exact) mass is 540 g/mol. The lowest BCUT2D eigenvalue weighted by Gasteiger charge is -2.26. The quantitative estimate of drug-likeness (QED) is 0.516. The first-order chi connectivity index (χ1) is 17.5. The Hall–Kier alpha value is -3.70. The second kappa shape index (κ2) is 10.3. The van der Waals surface area contributed by atoms with E-state index in [9.17, 15) is 22.8 Å². The number of hydrogen-bond donors (Lipinski definition) is 1. The summed E-state index contributed by atoms with van der Waals surface area (Å²) in [6.45, 7) is 2.41. The van der Waals surface area contributed by atoms with Gasteiger partial charge in [-0.1, -0.05) is 18.2 Å². The van der Waals surface area contributed by atoms with Gasteiger partial charge in [0.1, 0.15) is 5.00 Å². The molecule has 1 aliphatic rings. The molecule has 0 saturated carbocycles. The minimum absolute atomic E-state index is 0.0435. The lowest BCUT2D eigenvalue weighted by atomic mass is 10.0. The molecule has 1 aromatic heterocycles. The molecule has 37 heavy (non-hydrogen) atoms. The standard InChI is InChI=1S/C26H28N4O5S2/c1-17(31)30-15-14-21-22(16-30)36-25(23(21)26(33)28(2)3)27-24(32)18-10-12-20(13-11-18)37(34,35)29(4)19-8-6-5-7-9-19/h5-13H,14-16H2,1-4H3,(H,27,32). The van der Waals surface area contributed by atoms with E-state index in [0.717, 1.165) is 10.4 Å². The van der Waals surface area contributed by atoms with E-state index in [1.54, 1.807) is 49.3 Å². The molecule has 0 aliphatic carbocycles. The molecule has 11 heteroatoms. The molecule has 9 nitrogen and oxygen atoms in total. The van der Waals surface area contributed by atoms with Crippen molar-refractivity contribution in [1.82, 2.24) is 9.80 Å². The molecule has 0 radical (unpaired) electrons. The Morgan fingerprint density at radius 1 is 0.973 bits per heavy atom. The number of nitrogens with zero attached hydrogens (tertiary/aromatic N) is 3. The molecule has 2 aromatic carbocycles. The number of rotatable bonds is 6. The maximum absolute atomic E-state index is 13.1. The normalized spacial score (nSPS) is 13.0. The summed E-state index contributed by atoms with van der Waals surface area (Å²) in [5.41, 5.74) is 2.06. The summed E-state index contributed by atoms with van der Waals surface area (Å²) in [6, 6.07) is 14.4. The maximum atomic E-state index is 13.1. The molecule has 0 fully saturated rings. The van der Waals surface area contributed by atoms with Crippen LogP contribution in [0.25, 0.3) is 0 Å². The first kappa shape index (κ1) is 26.4. The number of fused-ring (bicyclic) bond motifs is 1. The Labute approximate surface area is 220 Å². The lowest BCUT2D eigenvalue weighted by Crippen LogP contribution is -2.34. The number of para-hydroxylation sites is 1. The van der Waals surface area contributed by atoms with Crippen molar-refractivity contribution in [1.29, 1.82) is 0 Å². The van der Waals surface area contributed by atoms with Crippen molar-refractivity contribution >= 4 is 49.8 Å². The van der Waals surface area contributed by atoms with Crippen LogP contribution in [-0.2, 0) is 27.8 Å². The van der Waals surface area contributed by atoms with Crippen molar-refractivity contribution in [3.63, 3.8) is 0 Å². The highest BCUT2D eigenvalue weighted by molar-refractivity contribution is 7.92. The average molecular weight is 541 g/mol. The van der Waals surface area contributed by atoms with Crippen molar-refractivity contribution in [2.75, 3.05) is 37.3 Å². The zero-order valence-corrected chi connectivity index (χ0v) is 22.6. The maximum Gasteiger partial charge on any atom is 0.264 e. The van der Waals surface area contributed by atoms with Crippen molar-refractivity contribution in [2.45, 2.75) is 24.8 Å². The fourth-order valence-corrected chi connectivity index (χ4v) is 6.54. The number of sulfonamides is 1. The Morgan fingerprint density at radius 3 is 2.22 bits per heavy atom. The first-order valence-corrected chi connectivity index (χ1v) is 13.8. The molecule has 1 N–H and O–H groups in total. The molecule has 0 spiro atoms. The molecular formula is C26H28N4O5S2. The molecule has 0 saturated heterocycles. The second-order valence-corrected chi connectivity index (χ2v) is 12.0. The van der Waals surface area contributed by atoms with Crippen LogP contribution in [0.4, 0.5) is 10.7 Å². The van der Waals surface area contributed by atoms with E-state index in [2.05, 4.69) is 5.32 Å². The van der Waals surface area contributed by atoms with Gasteiger partial charge in [-0.3, -0.25) is 18.7 Å². The number of hydrogen-bond acceptors (Lipinski definition) is 6. The third-order valence-corrected chi connectivity index (χ3v) is 9.18. The van der Waals surface area contributed by atoms with Gasteiger partial charge in [-0.25, -0.2) is 8.42 Å². The zero-order chi connectivity index (χ0) is 26.9. The van der Waals surface area contributed by atoms with E-state index in [4.69, 9.17) is 0 Å². The summed E-state index contributed by atoms with van der Waals surface area (Å²) in [4.78, 5) is 42.1. The molecule has 3 aromatic rings. The summed E-state index contributed by atoms with van der Waals surface area (Å²) < 4.78 is 27.2. The predicted molar refractivity (Wildman–Crippen MR) is 144 cm³/mol. The van der Waals surface area contributed by atoms with Crippen LogP contribution in [0.5, 0.6) is 0 Å². The lowest BCUT2D eigenvalue weighted by molar-refractivity contribution is -0.129. The first-order valence-electron chi connectivity index (χ1n) is 11.6. The van der Waals surface area contributed by atoms with Crippen LogP contribution >= 0.6 is 11.3 Å². The van der Waals surface area contributed by atoms with E-state index >= 15 is 0 Å². The van der Waals surface area contributed by atoms with Gasteiger partial charge < -0.3 is 15.1 Å². The summed E-state index contributed by atoms with van der Waals surface area (Å²) in [7, 11) is 0.953. The molecule has 194 valence electrons. The fourth-order valence-electron chi connectivity index (χ4n) is 4.10. The largest absolute Gasteiger partial charge is 0.345 e. The van der Waals surface area contributed by atoms with Gasteiger partial charge in [0.15, 0.2) is 0 Å². The van der Waals surface area contributed by atoms with E-state index in [0.29, 0.717) is 35.8 Å². The second-order valence-electron chi connectivity index (χ2n) is 8.88. The van der Waals surface area contributed by atoms with Crippen LogP contribution in [0, 0.1) is 0 Å². The third-order valence-electron chi connectivity index (χ3n) is 6.24. The molecular weight excluding hydrogens is 512 g/mol. The minimum atomic E-state index is -3.81. The Bertz CT molecular complexity index is 1450. The van der Waals surface area contributed by atoms with Gasteiger partial charge in [0.05, 0.1) is 22.7 Å². The van der Waals surface area contributed by atoms with Crippen LogP contribution in [0.15, 0.2) is 59.5 Å². The highest BCUT2D eigenvalue weighted by atomic mass is 32.2. The number of nitrogens with one attached hydrogen (secondary N) is 1. The van der Waals surface area contributed by atoms with E-state index in [-0.39, 0.29) is 22.3 Å². The van der Waals surface area contributed by atoms with Crippen LogP contribution in [0.1, 0.15) is 38.1 Å². The molecule has 4 rings (SSSR count). The van der Waals surface area contributed by atoms with Gasteiger partial charge in [-0.15, -0.1) is 11.3 Å². The summed E-state index contributed by atoms with van der Waals surface area (Å²) in [6.07, 6.45) is 0.525. The minimum Gasteiger partial charge on any atom is -0.345 e. The molecule has 0 bridgehead atoms. The smallest absolute Gasteiger partial charge is 0.264 e. The molecule has 2 heterocycles. The predicted octanol–water partition coefficient (Wildman–Crippen LogP) is 3.43. The highest BCUT2D eigenvalue weighted by Gasteiger charge is 2.30. The zero-order valence-electron chi connectivity index (χ0n) is 21.0. The van der Waals surface area contributed by atoms with Crippen molar-refractivity contribution in [3.05, 3.63) is 76.2 Å². The number of benzene rings is 2. The molecule has 1 aliphatic heterocycles. The van der Waals surface area contributed by atoms with Gasteiger partial charge in [-0.2, -0.15) is 0 Å². The van der Waals surface area contributed by atoms with Crippen molar-refractivity contribution in [3.8, 4) is 0 Å². The van der Waals surface area contributed by atoms with Crippen LogP contribution in [0.3, 0.4) is 0 Å². The molecule has 3 amide bonds. The van der Waals surface area contributed by atoms with Gasteiger partial charge in [0.25, 0.3) is 21.8 Å². The van der Waals surface area contributed by atoms with Gasteiger partial charge in [0.2, 0.25) is 5.91 Å². The van der Waals surface area contributed by atoms with Gasteiger partial charge in [-0.05, 0) is 48.4 Å². The SMILES string of the molecule is CC(=O)N1CCc2c(sc(NC(=O)c3ccc(S(=O)(=O)N(C)c4ccccc4)cc3)c2C(=O)N(C)C)C1. The van der Waals surface area contributed by atoms with E-state index in [1.807, 2.05) is 0 Å². The fraction of sp³-hybridized carbons (Fsp3) is 0.269. The number of carbonyl (C=O) groups is 3. The Kier molecular flexibility index (Phi) is 7.37. The third kappa shape index (κ3) is 5.23. The summed E-state index contributed by atoms with van der Waals surface area (Å²) in [5, 5.41) is 3.26. The number of amides is 3. The number of anilines is 2. The Balaban J connectivity index is 1.59. The van der Waals surface area contributed by atoms with Gasteiger partial charge >= 0.3 is 0 Å². The van der Waals surface area contributed by atoms with E-state index < -0.39 is 15.9 Å². The number of thiophene rings is 1. The van der Waals surface area contributed by atoms with Crippen LogP contribution < -0.4 is 9.62 Å². The summed E-state index contributed by atoms with van der Waals surface area (Å²) in [5.74, 6) is -0.734. The van der Waals surface area contributed by atoms with Gasteiger partial charge in [0, 0.05) is 45.1 Å².